The quantitative estimate of drug-likeness (QED) is 0.0312. The highest BCUT2D eigenvalue weighted by Crippen LogP contribution is 2.26. The topological polar surface area (TPSA) is 429 Å². The number of likely N-dealkylation sites (tertiary alicyclic amines) is 1. The van der Waals surface area contributed by atoms with Crippen LogP contribution in [-0.4, -0.2) is 153 Å². The van der Waals surface area contributed by atoms with Gasteiger partial charge in [-0.3, -0.25) is 48.1 Å². The number of aliphatic imine (C=N–C) groups is 1. The van der Waals surface area contributed by atoms with Crippen LogP contribution in [0.15, 0.2) is 59.6 Å². The summed E-state index contributed by atoms with van der Waals surface area (Å²) in [7, 11) is 2.00. The first kappa shape index (κ1) is 56.5. The highest BCUT2D eigenvalue weighted by Gasteiger charge is 2.40. The van der Waals surface area contributed by atoms with Crippen molar-refractivity contribution in [2.75, 3.05) is 24.6 Å². The Bertz CT molecular complexity index is 2270. The molecule has 0 bridgehead atoms. The molecule has 8 atom stereocenters. The van der Waals surface area contributed by atoms with Crippen LogP contribution in [0.1, 0.15) is 56.1 Å². The van der Waals surface area contributed by atoms with Gasteiger partial charge in [-0.25, -0.2) is 4.79 Å². The molecule has 2 aromatic rings. The molecule has 9 amide bonds. The number of carbonyl (C=O) groups is 10. The second-order valence-corrected chi connectivity index (χ2v) is 19.3. The molecule has 2 aliphatic heterocycles. The number of guanidine groups is 1. The van der Waals surface area contributed by atoms with E-state index >= 15 is 0 Å². The zero-order valence-electron chi connectivity index (χ0n) is 38.6. The van der Waals surface area contributed by atoms with Crippen LogP contribution in [0.5, 0.6) is 5.75 Å². The van der Waals surface area contributed by atoms with Crippen molar-refractivity contribution in [3.05, 3.63) is 65.7 Å². The molecule has 0 aliphatic carbocycles. The molecule has 2 aliphatic rings. The number of nitrogens with two attached hydrogens (primary N) is 5. The van der Waals surface area contributed by atoms with Gasteiger partial charge in [0, 0.05) is 43.9 Å². The van der Waals surface area contributed by atoms with Crippen molar-refractivity contribution in [1.82, 2.24) is 36.8 Å². The number of nitrogens with zero attached hydrogens (tertiary/aromatic N) is 2. The second-order valence-electron chi connectivity index (χ2n) is 16.8. The lowest BCUT2D eigenvalue weighted by molar-refractivity contribution is -0.145. The molecule has 0 radical (unpaired) electrons. The minimum atomic E-state index is -1.78. The molecule has 2 saturated heterocycles. The van der Waals surface area contributed by atoms with Crippen molar-refractivity contribution >= 4 is 86.7 Å². The summed E-state index contributed by atoms with van der Waals surface area (Å²) in [5.74, 6) is -10.2. The molecule has 386 valence electrons. The van der Waals surface area contributed by atoms with Gasteiger partial charge in [-0.05, 0) is 55.4 Å². The number of phenolic OH excluding ortho intramolecular Hbond substituents is 1. The molecule has 25 nitrogen and oxygen atoms in total. The molecule has 2 heterocycles. The Hall–Kier alpha value is -7.13. The van der Waals surface area contributed by atoms with E-state index in [2.05, 4.69) is 36.9 Å². The monoisotopic (exact) mass is 1030 g/mol. The number of carboxylic acids is 1. The minimum absolute atomic E-state index is 0.0151. The summed E-state index contributed by atoms with van der Waals surface area (Å²) in [5, 5.41) is 34.9. The maximum atomic E-state index is 14.4. The third-order valence-corrected chi connectivity index (χ3v) is 13.6. The van der Waals surface area contributed by atoms with Gasteiger partial charge in [-0.15, -0.1) is 0 Å². The molecule has 2 fully saturated rings. The maximum absolute atomic E-state index is 14.4. The number of carboxylic acid groups (broad SMARTS) is 1. The Morgan fingerprint density at radius 2 is 1.30 bits per heavy atom. The van der Waals surface area contributed by atoms with E-state index in [1.807, 2.05) is 0 Å². The van der Waals surface area contributed by atoms with Crippen LogP contribution in [0.25, 0.3) is 0 Å². The molecule has 4 rings (SSSR count). The predicted octanol–water partition coefficient (Wildman–Crippen LogP) is -3.92. The number of hydrogen-bond acceptors (Lipinski definition) is 15. The van der Waals surface area contributed by atoms with Crippen LogP contribution >= 0.6 is 21.6 Å². The van der Waals surface area contributed by atoms with Crippen LogP contribution in [-0.2, 0) is 60.8 Å². The van der Waals surface area contributed by atoms with Gasteiger partial charge in [0.05, 0.1) is 12.5 Å². The zero-order chi connectivity index (χ0) is 52.2. The van der Waals surface area contributed by atoms with Gasteiger partial charge >= 0.3 is 5.97 Å². The van der Waals surface area contributed by atoms with Crippen LogP contribution in [0.4, 0.5) is 0 Å². The second kappa shape index (κ2) is 27.9. The fourth-order valence-electron chi connectivity index (χ4n) is 7.49. The van der Waals surface area contributed by atoms with Crippen molar-refractivity contribution < 1.29 is 58.2 Å². The zero-order valence-corrected chi connectivity index (χ0v) is 40.2. The summed E-state index contributed by atoms with van der Waals surface area (Å²) in [5.41, 5.74) is 29.0. The summed E-state index contributed by atoms with van der Waals surface area (Å²) >= 11 is 0. The summed E-state index contributed by atoms with van der Waals surface area (Å²) in [6, 6.07) is 2.78. The van der Waals surface area contributed by atoms with Gasteiger partial charge in [0.25, 0.3) is 0 Å². The summed E-state index contributed by atoms with van der Waals surface area (Å²) in [6.45, 7) is 0.109. The molecule has 0 saturated carbocycles. The SMILES string of the molecule is NC(=O)CCC1NC(=O)C(Cc2ccccc2)NC(=O)[C@H](Cc2ccc(O)cc2)NC(=O)[C@H](N)CSSC[C@@H](C(=O)N2CCC[C@H]2C(=O)N[C@@H](CCCN=C(N)N)C(=O)O)NC(=O)C(CC(N)=O)NC1=O. The molecular weight excluding hydrogens is 967 g/mol. The first-order valence-electron chi connectivity index (χ1n) is 22.5. The number of rotatable bonds is 17. The Morgan fingerprint density at radius 3 is 1.90 bits per heavy atom. The molecular formula is C44H61N13O12S2. The van der Waals surface area contributed by atoms with Crippen molar-refractivity contribution in [2.24, 2.45) is 33.7 Å². The Labute approximate surface area is 416 Å². The lowest BCUT2D eigenvalue weighted by atomic mass is 10.0. The average molecular weight is 1030 g/mol. The van der Waals surface area contributed by atoms with Crippen LogP contribution in [0, 0.1) is 0 Å². The third-order valence-electron chi connectivity index (χ3n) is 11.2. The predicted molar refractivity (Wildman–Crippen MR) is 261 cm³/mol. The smallest absolute Gasteiger partial charge is 0.326 e. The van der Waals surface area contributed by atoms with Gasteiger partial charge in [-0.2, -0.15) is 0 Å². The first-order chi connectivity index (χ1) is 33.7. The average Bonchev–Trinajstić information content (AvgIpc) is 3.82. The molecule has 3 unspecified atom stereocenters. The number of benzene rings is 2. The van der Waals surface area contributed by atoms with E-state index in [4.69, 9.17) is 28.7 Å². The van der Waals surface area contributed by atoms with E-state index in [1.54, 1.807) is 30.3 Å². The van der Waals surface area contributed by atoms with E-state index in [9.17, 15) is 58.2 Å². The molecule has 0 aromatic heterocycles. The lowest BCUT2D eigenvalue weighted by Crippen LogP contribution is -2.61. The summed E-state index contributed by atoms with van der Waals surface area (Å²) in [4.78, 5) is 140. The van der Waals surface area contributed by atoms with E-state index in [1.165, 1.54) is 29.2 Å². The van der Waals surface area contributed by atoms with Crippen molar-refractivity contribution in [1.29, 1.82) is 0 Å². The van der Waals surface area contributed by atoms with Gasteiger partial charge in [0.15, 0.2) is 5.96 Å². The first-order valence-corrected chi connectivity index (χ1v) is 25.0. The number of hydrogen-bond donors (Lipinski definition) is 13. The van der Waals surface area contributed by atoms with Crippen LogP contribution in [0.2, 0.25) is 0 Å². The fraction of sp³-hybridized carbons (Fsp3) is 0.477. The maximum Gasteiger partial charge on any atom is 0.326 e. The molecule has 71 heavy (non-hydrogen) atoms. The number of aromatic hydroxyl groups is 1. The molecule has 2 aromatic carbocycles. The van der Waals surface area contributed by atoms with E-state index in [-0.39, 0.29) is 68.4 Å². The standard InChI is InChI=1S/C44H61N13O12S2/c45-26-21-70-71-22-32(42(67)57-17-5-9-33(57)41(66)52-28(43(68)69)8-4-16-50-44(48)49)56-40(65)31(20-35(47)60)55-37(62)27(14-15-34(46)59)51-38(63)30(18-23-6-2-1-3-7-23)54-39(64)29(53-36(26)61)19-24-10-12-25(58)13-11-24/h1-3,6-7,10-13,26-33,58H,4-5,8-9,14-22,45H2,(H2,46,59)(H2,47,60)(H,51,63)(H,52,66)(H,53,61)(H,54,64)(H,55,62)(H,56,65)(H,68,69)(H4,48,49,50)/t26-,27?,28+,29+,30?,31?,32+,33+/m1/s1. The number of phenols is 1. The van der Waals surface area contributed by atoms with Crippen molar-refractivity contribution in [2.45, 2.75) is 106 Å². The molecule has 0 spiro atoms. The Morgan fingerprint density at radius 1 is 0.732 bits per heavy atom. The normalized spacial score (nSPS) is 23.3. The minimum Gasteiger partial charge on any atom is -0.508 e. The Kier molecular flexibility index (Phi) is 22.2. The van der Waals surface area contributed by atoms with Crippen LogP contribution in [0.3, 0.4) is 0 Å². The Balaban J connectivity index is 1.70. The largest absolute Gasteiger partial charge is 0.508 e. The number of amides is 9. The number of nitrogens with one attached hydrogen (secondary N) is 6. The highest BCUT2D eigenvalue weighted by atomic mass is 33.1. The van der Waals surface area contributed by atoms with Crippen LogP contribution < -0.4 is 60.6 Å². The van der Waals surface area contributed by atoms with Crippen molar-refractivity contribution in [3.8, 4) is 5.75 Å². The lowest BCUT2D eigenvalue weighted by Gasteiger charge is -2.30. The molecule has 27 heteroatoms. The molecule has 18 N–H and O–H groups in total. The number of carbonyl (C=O) groups excluding carboxylic acids is 9. The van der Waals surface area contributed by atoms with E-state index < -0.39 is 127 Å². The number of aliphatic carboxylic acids is 1. The van der Waals surface area contributed by atoms with Gasteiger partial charge in [-0.1, -0.05) is 64.1 Å². The number of primary amides is 2. The van der Waals surface area contributed by atoms with E-state index in [0.29, 0.717) is 17.5 Å². The third kappa shape index (κ3) is 18.6. The van der Waals surface area contributed by atoms with Gasteiger partial charge in [0.1, 0.15) is 48.0 Å². The highest BCUT2D eigenvalue weighted by molar-refractivity contribution is 8.76. The van der Waals surface area contributed by atoms with Gasteiger partial charge < -0.3 is 75.7 Å². The summed E-state index contributed by atoms with van der Waals surface area (Å²) in [6.07, 6.45) is -1.38. The summed E-state index contributed by atoms with van der Waals surface area (Å²) < 4.78 is 0. The van der Waals surface area contributed by atoms with Crippen molar-refractivity contribution in [3.63, 3.8) is 0 Å². The van der Waals surface area contributed by atoms with Gasteiger partial charge in [0.2, 0.25) is 53.2 Å². The van der Waals surface area contributed by atoms with E-state index in [0.717, 1.165) is 21.6 Å². The fourth-order valence-corrected chi connectivity index (χ4v) is 9.77.